The fraction of sp³-hybridized carbons (Fsp3) is 0.647. The molecule has 0 aliphatic carbocycles. The second-order valence-corrected chi connectivity index (χ2v) is 7.82. The molecule has 0 saturated heterocycles. The highest BCUT2D eigenvalue weighted by atomic mass is 79.9. The average Bonchev–Trinajstić information content (AvgIpc) is 2.29. The molecule has 0 radical (unpaired) electrons. The number of hydrogen-bond acceptors (Lipinski definition) is 2. The molecule has 2 nitrogen and oxygen atoms in total. The van der Waals surface area contributed by atoms with E-state index in [-0.39, 0.29) is 5.41 Å². The van der Waals surface area contributed by atoms with Gasteiger partial charge in [-0.25, -0.2) is 0 Å². The van der Waals surface area contributed by atoms with Gasteiger partial charge in [0, 0.05) is 10.0 Å². The molecule has 0 heterocycles. The van der Waals surface area contributed by atoms with Crippen LogP contribution in [0, 0.1) is 18.3 Å². The van der Waals surface area contributed by atoms with Crippen LogP contribution in [0.25, 0.3) is 0 Å². The molecule has 1 aromatic carbocycles. The van der Waals surface area contributed by atoms with Crippen molar-refractivity contribution in [1.29, 1.82) is 0 Å². The zero-order valence-electron chi connectivity index (χ0n) is 13.5. The summed E-state index contributed by atoms with van der Waals surface area (Å²) in [5.41, 5.74) is 2.27. The third-order valence-electron chi connectivity index (χ3n) is 3.46. The normalized spacial score (nSPS) is 15.0. The maximum Gasteiger partial charge on any atom is 0.125 e. The molecule has 0 spiro atoms. The summed E-state index contributed by atoms with van der Waals surface area (Å²) in [5, 5.41) is 10.5. The summed E-state index contributed by atoms with van der Waals surface area (Å²) < 4.78 is 6.41. The lowest BCUT2D eigenvalue weighted by atomic mass is 9.82. The van der Waals surface area contributed by atoms with Crippen LogP contribution < -0.4 is 4.74 Å². The van der Waals surface area contributed by atoms with Gasteiger partial charge in [0.25, 0.3) is 0 Å². The highest BCUT2D eigenvalue weighted by Crippen LogP contribution is 2.36. The Hall–Kier alpha value is -0.540. The highest BCUT2D eigenvalue weighted by molar-refractivity contribution is 9.10. The topological polar surface area (TPSA) is 29.5 Å². The second-order valence-electron chi connectivity index (χ2n) is 6.96. The number of halogens is 1. The first-order chi connectivity index (χ1) is 9.14. The summed E-state index contributed by atoms with van der Waals surface area (Å²) in [6, 6.07) is 3.94. The molecule has 1 N–H and O–H groups in total. The van der Waals surface area contributed by atoms with Crippen LogP contribution in [0.2, 0.25) is 0 Å². The molecule has 0 aromatic heterocycles. The SMILES string of the molecule is COc1cc(C)c(Br)cc1C(O)CC(C)CC(C)(C)C. The van der Waals surface area contributed by atoms with E-state index in [1.165, 1.54) is 0 Å². The van der Waals surface area contributed by atoms with Gasteiger partial charge >= 0.3 is 0 Å². The van der Waals surface area contributed by atoms with Crippen molar-refractivity contribution >= 4 is 15.9 Å². The van der Waals surface area contributed by atoms with Gasteiger partial charge in [-0.2, -0.15) is 0 Å². The van der Waals surface area contributed by atoms with Gasteiger partial charge in [-0.05, 0) is 48.8 Å². The fourth-order valence-corrected chi connectivity index (χ4v) is 3.11. The van der Waals surface area contributed by atoms with Gasteiger partial charge in [0.1, 0.15) is 5.75 Å². The molecule has 1 rings (SSSR count). The molecule has 0 bridgehead atoms. The zero-order valence-corrected chi connectivity index (χ0v) is 15.0. The van der Waals surface area contributed by atoms with Crippen LogP contribution in [0.15, 0.2) is 16.6 Å². The first-order valence-electron chi connectivity index (χ1n) is 7.16. The molecular weight excluding hydrogens is 316 g/mol. The first kappa shape index (κ1) is 17.5. The molecule has 0 fully saturated rings. The Morgan fingerprint density at radius 2 is 1.90 bits per heavy atom. The summed E-state index contributed by atoms with van der Waals surface area (Å²) in [4.78, 5) is 0. The summed E-state index contributed by atoms with van der Waals surface area (Å²) in [7, 11) is 1.65. The van der Waals surface area contributed by atoms with Crippen molar-refractivity contribution in [3.05, 3.63) is 27.7 Å². The van der Waals surface area contributed by atoms with Crippen molar-refractivity contribution in [2.75, 3.05) is 7.11 Å². The van der Waals surface area contributed by atoms with E-state index in [0.717, 1.165) is 34.2 Å². The van der Waals surface area contributed by atoms with E-state index in [1.54, 1.807) is 7.11 Å². The summed E-state index contributed by atoms with van der Waals surface area (Å²) in [6.45, 7) is 10.9. The van der Waals surface area contributed by atoms with Gasteiger partial charge in [-0.15, -0.1) is 0 Å². The summed E-state index contributed by atoms with van der Waals surface area (Å²) >= 11 is 3.53. The molecular formula is C17H27BrO2. The van der Waals surface area contributed by atoms with Gasteiger partial charge in [0.2, 0.25) is 0 Å². The number of rotatable bonds is 5. The predicted molar refractivity (Wildman–Crippen MR) is 88.2 cm³/mol. The van der Waals surface area contributed by atoms with Gasteiger partial charge in [-0.1, -0.05) is 43.6 Å². The zero-order chi connectivity index (χ0) is 15.5. The van der Waals surface area contributed by atoms with Gasteiger partial charge in [-0.3, -0.25) is 0 Å². The molecule has 0 aliphatic heterocycles. The number of ether oxygens (including phenoxy) is 1. The lowest BCUT2D eigenvalue weighted by Crippen LogP contribution is -2.14. The number of aliphatic hydroxyl groups excluding tert-OH is 1. The lowest BCUT2D eigenvalue weighted by Gasteiger charge is -2.25. The van der Waals surface area contributed by atoms with E-state index in [2.05, 4.69) is 43.6 Å². The Balaban J connectivity index is 2.86. The van der Waals surface area contributed by atoms with Gasteiger partial charge in [0.05, 0.1) is 13.2 Å². The second kappa shape index (κ2) is 6.95. The van der Waals surface area contributed by atoms with Gasteiger partial charge < -0.3 is 9.84 Å². The average molecular weight is 343 g/mol. The molecule has 20 heavy (non-hydrogen) atoms. The van der Waals surface area contributed by atoms with Crippen molar-refractivity contribution < 1.29 is 9.84 Å². The van der Waals surface area contributed by atoms with E-state index in [4.69, 9.17) is 4.74 Å². The number of aryl methyl sites for hydroxylation is 1. The molecule has 0 amide bonds. The Morgan fingerprint density at radius 3 is 2.40 bits per heavy atom. The first-order valence-corrected chi connectivity index (χ1v) is 7.95. The maximum absolute atomic E-state index is 10.5. The molecule has 0 saturated carbocycles. The van der Waals surface area contributed by atoms with Crippen molar-refractivity contribution in [3.8, 4) is 5.75 Å². The van der Waals surface area contributed by atoms with Crippen LogP contribution in [0.3, 0.4) is 0 Å². The number of hydrogen-bond donors (Lipinski definition) is 1. The van der Waals surface area contributed by atoms with Gasteiger partial charge in [0.15, 0.2) is 0 Å². The van der Waals surface area contributed by atoms with Crippen LogP contribution in [0.1, 0.15) is 57.8 Å². The maximum atomic E-state index is 10.5. The van der Waals surface area contributed by atoms with Crippen molar-refractivity contribution in [2.24, 2.45) is 11.3 Å². The smallest absolute Gasteiger partial charge is 0.125 e. The van der Waals surface area contributed by atoms with Crippen molar-refractivity contribution in [1.82, 2.24) is 0 Å². The van der Waals surface area contributed by atoms with Crippen LogP contribution >= 0.6 is 15.9 Å². The van der Waals surface area contributed by atoms with E-state index < -0.39 is 6.10 Å². The Bertz CT molecular complexity index is 449. The largest absolute Gasteiger partial charge is 0.496 e. The minimum absolute atomic E-state index is 0.289. The molecule has 114 valence electrons. The Kier molecular flexibility index (Phi) is 6.08. The van der Waals surface area contributed by atoms with E-state index >= 15 is 0 Å². The van der Waals surface area contributed by atoms with E-state index in [9.17, 15) is 5.11 Å². The Morgan fingerprint density at radius 1 is 1.30 bits per heavy atom. The Labute approximate surface area is 131 Å². The lowest BCUT2D eigenvalue weighted by molar-refractivity contribution is 0.131. The molecule has 1 aromatic rings. The van der Waals surface area contributed by atoms with E-state index in [1.807, 2.05) is 19.1 Å². The minimum atomic E-state index is -0.487. The van der Waals surface area contributed by atoms with Crippen molar-refractivity contribution in [3.63, 3.8) is 0 Å². The van der Waals surface area contributed by atoms with Crippen LogP contribution in [0.4, 0.5) is 0 Å². The van der Waals surface area contributed by atoms with E-state index in [0.29, 0.717) is 5.92 Å². The van der Waals surface area contributed by atoms with Crippen LogP contribution in [-0.4, -0.2) is 12.2 Å². The minimum Gasteiger partial charge on any atom is -0.496 e. The molecule has 2 unspecified atom stereocenters. The standard InChI is InChI=1S/C17H27BrO2/c1-11(10-17(3,4)5)7-15(19)13-9-14(18)12(2)8-16(13)20-6/h8-9,11,15,19H,7,10H2,1-6H3. The molecule has 2 atom stereocenters. The quantitative estimate of drug-likeness (QED) is 0.790. The predicted octanol–water partition coefficient (Wildman–Crippen LogP) is 5.26. The summed E-state index contributed by atoms with van der Waals surface area (Å²) in [5.74, 6) is 1.23. The number of benzene rings is 1. The molecule has 3 heteroatoms. The number of methoxy groups -OCH3 is 1. The van der Waals surface area contributed by atoms with Crippen LogP contribution in [-0.2, 0) is 0 Å². The van der Waals surface area contributed by atoms with Crippen molar-refractivity contribution in [2.45, 2.75) is 53.6 Å². The monoisotopic (exact) mass is 342 g/mol. The van der Waals surface area contributed by atoms with Crippen LogP contribution in [0.5, 0.6) is 5.75 Å². The summed E-state index contributed by atoms with van der Waals surface area (Å²) in [6.07, 6.45) is 1.36. The third kappa shape index (κ3) is 5.10. The fourth-order valence-electron chi connectivity index (χ4n) is 2.74. The molecule has 0 aliphatic rings. The third-order valence-corrected chi connectivity index (χ3v) is 4.31. The number of aliphatic hydroxyl groups is 1. The highest BCUT2D eigenvalue weighted by Gasteiger charge is 2.21.